The molecule has 1 N–H and O–H groups in total. The van der Waals surface area contributed by atoms with E-state index in [1.54, 1.807) is 11.3 Å². The Bertz CT molecular complexity index is 337. The second kappa shape index (κ2) is 4.72. The van der Waals surface area contributed by atoms with Crippen LogP contribution >= 0.6 is 11.3 Å². The van der Waals surface area contributed by atoms with Crippen molar-refractivity contribution in [2.45, 2.75) is 45.1 Å². The SMILES string of the molecule is CC(C)(C)c1cnc(NC2CCOCC2)s1. The fourth-order valence-corrected chi connectivity index (χ4v) is 2.66. The van der Waals surface area contributed by atoms with Gasteiger partial charge in [-0.15, -0.1) is 11.3 Å². The van der Waals surface area contributed by atoms with Gasteiger partial charge in [0.25, 0.3) is 0 Å². The Morgan fingerprint density at radius 1 is 1.38 bits per heavy atom. The van der Waals surface area contributed by atoms with E-state index < -0.39 is 0 Å². The molecule has 1 aromatic heterocycles. The monoisotopic (exact) mass is 240 g/mol. The third-order valence-electron chi connectivity index (χ3n) is 2.79. The van der Waals surface area contributed by atoms with Gasteiger partial charge in [-0.05, 0) is 18.3 Å². The molecule has 4 heteroatoms. The first-order valence-corrected chi connectivity index (χ1v) is 6.68. The van der Waals surface area contributed by atoms with Gasteiger partial charge >= 0.3 is 0 Å². The summed E-state index contributed by atoms with van der Waals surface area (Å²) in [5, 5.41) is 4.55. The van der Waals surface area contributed by atoms with Crippen LogP contribution in [-0.2, 0) is 10.2 Å². The lowest BCUT2D eigenvalue weighted by atomic mass is 9.96. The van der Waals surface area contributed by atoms with Crippen LogP contribution < -0.4 is 5.32 Å². The number of hydrogen-bond donors (Lipinski definition) is 1. The summed E-state index contributed by atoms with van der Waals surface area (Å²) in [5.74, 6) is 0. The molecule has 2 rings (SSSR count). The Balaban J connectivity index is 1.97. The van der Waals surface area contributed by atoms with Gasteiger partial charge in [-0.3, -0.25) is 0 Å². The molecule has 0 saturated carbocycles. The quantitative estimate of drug-likeness (QED) is 0.862. The number of hydrogen-bond acceptors (Lipinski definition) is 4. The summed E-state index contributed by atoms with van der Waals surface area (Å²) in [6.45, 7) is 8.40. The lowest BCUT2D eigenvalue weighted by molar-refractivity contribution is 0.0904. The highest BCUT2D eigenvalue weighted by Gasteiger charge is 2.19. The molecule has 0 atom stereocenters. The standard InChI is InChI=1S/C12H20N2OS/c1-12(2,3)10-8-13-11(16-10)14-9-4-6-15-7-5-9/h8-9H,4-7H2,1-3H3,(H,13,14). The van der Waals surface area contributed by atoms with Crippen LogP contribution in [0.5, 0.6) is 0 Å². The topological polar surface area (TPSA) is 34.2 Å². The van der Waals surface area contributed by atoms with Crippen molar-refractivity contribution >= 4 is 16.5 Å². The van der Waals surface area contributed by atoms with Gasteiger partial charge in [0.05, 0.1) is 0 Å². The molecule has 0 radical (unpaired) electrons. The predicted molar refractivity (Wildman–Crippen MR) is 68.3 cm³/mol. The first kappa shape index (κ1) is 11.9. The minimum absolute atomic E-state index is 0.202. The first-order chi connectivity index (χ1) is 7.55. The molecule has 0 aliphatic carbocycles. The summed E-state index contributed by atoms with van der Waals surface area (Å²) < 4.78 is 5.34. The van der Waals surface area contributed by atoms with E-state index >= 15 is 0 Å². The van der Waals surface area contributed by atoms with Crippen LogP contribution in [0, 0.1) is 0 Å². The average Bonchev–Trinajstić information content (AvgIpc) is 2.67. The summed E-state index contributed by atoms with van der Waals surface area (Å²) in [4.78, 5) is 5.78. The molecule has 1 aliphatic heterocycles. The number of thiazole rings is 1. The maximum atomic E-state index is 5.34. The van der Waals surface area contributed by atoms with Crippen LogP contribution in [0.3, 0.4) is 0 Å². The third kappa shape index (κ3) is 2.95. The van der Waals surface area contributed by atoms with Gasteiger partial charge in [0.1, 0.15) is 0 Å². The highest BCUT2D eigenvalue weighted by molar-refractivity contribution is 7.15. The molecule has 0 bridgehead atoms. The second-order valence-corrected chi connectivity index (χ2v) is 6.34. The van der Waals surface area contributed by atoms with E-state index in [4.69, 9.17) is 4.74 Å². The smallest absolute Gasteiger partial charge is 0.183 e. The fraction of sp³-hybridized carbons (Fsp3) is 0.750. The Morgan fingerprint density at radius 3 is 2.62 bits per heavy atom. The van der Waals surface area contributed by atoms with Gasteiger partial charge in [-0.25, -0.2) is 4.98 Å². The van der Waals surface area contributed by atoms with Crippen molar-refractivity contribution in [1.82, 2.24) is 4.98 Å². The zero-order chi connectivity index (χ0) is 11.6. The Morgan fingerprint density at radius 2 is 2.06 bits per heavy atom. The molecule has 0 unspecified atom stereocenters. The van der Waals surface area contributed by atoms with Gasteiger partial charge < -0.3 is 10.1 Å². The zero-order valence-corrected chi connectivity index (χ0v) is 11.1. The molecule has 0 amide bonds. The van der Waals surface area contributed by atoms with E-state index in [9.17, 15) is 0 Å². The molecule has 0 aromatic carbocycles. The number of anilines is 1. The molecular weight excluding hydrogens is 220 g/mol. The summed E-state index contributed by atoms with van der Waals surface area (Å²) in [6.07, 6.45) is 4.17. The zero-order valence-electron chi connectivity index (χ0n) is 10.2. The van der Waals surface area contributed by atoms with Crippen LogP contribution in [0.1, 0.15) is 38.5 Å². The molecule has 1 aliphatic rings. The van der Waals surface area contributed by atoms with Crippen LogP contribution in [0.2, 0.25) is 0 Å². The highest BCUT2D eigenvalue weighted by Crippen LogP contribution is 2.30. The Hall–Kier alpha value is -0.610. The largest absolute Gasteiger partial charge is 0.381 e. The molecule has 2 heterocycles. The van der Waals surface area contributed by atoms with Gasteiger partial charge in [-0.2, -0.15) is 0 Å². The minimum atomic E-state index is 0.202. The van der Waals surface area contributed by atoms with Crippen molar-refractivity contribution < 1.29 is 4.74 Å². The summed E-state index contributed by atoms with van der Waals surface area (Å²) in [6, 6.07) is 0.535. The van der Waals surface area contributed by atoms with E-state index in [0.717, 1.165) is 31.2 Å². The van der Waals surface area contributed by atoms with Crippen molar-refractivity contribution in [3.05, 3.63) is 11.1 Å². The number of aromatic nitrogens is 1. The van der Waals surface area contributed by atoms with Crippen LogP contribution in [0.15, 0.2) is 6.20 Å². The maximum absolute atomic E-state index is 5.34. The lowest BCUT2D eigenvalue weighted by Crippen LogP contribution is -2.27. The Labute approximate surface area is 101 Å². The van der Waals surface area contributed by atoms with Gasteiger partial charge in [0.2, 0.25) is 0 Å². The predicted octanol–water partition coefficient (Wildman–Crippen LogP) is 3.03. The number of ether oxygens (including phenoxy) is 1. The summed E-state index contributed by atoms with van der Waals surface area (Å²) >= 11 is 1.77. The number of rotatable bonds is 2. The van der Waals surface area contributed by atoms with E-state index in [2.05, 4.69) is 31.1 Å². The first-order valence-electron chi connectivity index (χ1n) is 5.86. The lowest BCUT2D eigenvalue weighted by Gasteiger charge is -2.22. The van der Waals surface area contributed by atoms with Gasteiger partial charge in [0.15, 0.2) is 5.13 Å². The van der Waals surface area contributed by atoms with Crippen LogP contribution in [-0.4, -0.2) is 24.2 Å². The van der Waals surface area contributed by atoms with Crippen molar-refractivity contribution in [1.29, 1.82) is 0 Å². The highest BCUT2D eigenvalue weighted by atomic mass is 32.1. The van der Waals surface area contributed by atoms with Crippen LogP contribution in [0.4, 0.5) is 5.13 Å². The van der Waals surface area contributed by atoms with Crippen molar-refractivity contribution in [3.63, 3.8) is 0 Å². The van der Waals surface area contributed by atoms with Crippen LogP contribution in [0.25, 0.3) is 0 Å². The molecule has 0 spiro atoms. The molecule has 1 saturated heterocycles. The third-order valence-corrected chi connectivity index (χ3v) is 4.15. The van der Waals surface area contributed by atoms with Crippen molar-refractivity contribution in [2.75, 3.05) is 18.5 Å². The fourth-order valence-electron chi connectivity index (χ4n) is 1.70. The second-order valence-electron chi connectivity index (χ2n) is 5.31. The summed E-state index contributed by atoms with van der Waals surface area (Å²) in [5.41, 5.74) is 0.202. The molecule has 1 aromatic rings. The molecule has 1 fully saturated rings. The van der Waals surface area contributed by atoms with E-state index in [1.807, 2.05) is 6.20 Å². The average molecular weight is 240 g/mol. The normalized spacial score (nSPS) is 18.7. The number of nitrogens with one attached hydrogen (secondary N) is 1. The summed E-state index contributed by atoms with van der Waals surface area (Å²) in [7, 11) is 0. The molecule has 90 valence electrons. The van der Waals surface area contributed by atoms with E-state index in [-0.39, 0.29) is 5.41 Å². The minimum Gasteiger partial charge on any atom is -0.381 e. The Kier molecular flexibility index (Phi) is 3.50. The van der Waals surface area contributed by atoms with Gasteiger partial charge in [-0.1, -0.05) is 20.8 Å². The van der Waals surface area contributed by atoms with E-state index in [1.165, 1.54) is 4.88 Å². The number of nitrogens with zero attached hydrogens (tertiary/aromatic N) is 1. The molecule has 16 heavy (non-hydrogen) atoms. The van der Waals surface area contributed by atoms with E-state index in [0.29, 0.717) is 6.04 Å². The molecule has 3 nitrogen and oxygen atoms in total. The van der Waals surface area contributed by atoms with Crippen molar-refractivity contribution in [2.24, 2.45) is 0 Å². The van der Waals surface area contributed by atoms with Crippen molar-refractivity contribution in [3.8, 4) is 0 Å². The molecular formula is C12H20N2OS. The maximum Gasteiger partial charge on any atom is 0.183 e. The van der Waals surface area contributed by atoms with Gasteiger partial charge in [0, 0.05) is 30.3 Å².